The van der Waals surface area contributed by atoms with Crippen molar-refractivity contribution in [2.24, 2.45) is 0 Å². The average molecular weight is 581 g/mol. The summed E-state index contributed by atoms with van der Waals surface area (Å²) in [6, 6.07) is 2.90. The number of rotatable bonds is 9. The molecule has 0 spiro atoms. The Morgan fingerprint density at radius 1 is 1.18 bits per heavy atom. The van der Waals surface area contributed by atoms with E-state index in [1.165, 1.54) is 6.07 Å². The van der Waals surface area contributed by atoms with Crippen molar-refractivity contribution in [1.82, 2.24) is 14.0 Å². The molecule has 0 radical (unpaired) electrons. The van der Waals surface area contributed by atoms with Crippen LogP contribution in [0.15, 0.2) is 28.9 Å². The summed E-state index contributed by atoms with van der Waals surface area (Å²) in [7, 11) is -7.65. The van der Waals surface area contributed by atoms with Crippen LogP contribution < -0.4 is 10.0 Å². The van der Waals surface area contributed by atoms with Crippen LogP contribution in [0.1, 0.15) is 74.0 Å². The first-order valence-corrected chi connectivity index (χ1v) is 15.3. The summed E-state index contributed by atoms with van der Waals surface area (Å²) >= 11 is 0. The van der Waals surface area contributed by atoms with Crippen molar-refractivity contribution in [3.63, 3.8) is 0 Å². The number of anilines is 2. The third-order valence-corrected chi connectivity index (χ3v) is 10.1. The van der Waals surface area contributed by atoms with Gasteiger partial charge in [0.2, 0.25) is 0 Å². The normalized spacial score (nSPS) is 17.8. The molecule has 2 heterocycles. The molecule has 0 bridgehead atoms. The van der Waals surface area contributed by atoms with Crippen LogP contribution in [0.25, 0.3) is 0 Å². The maximum absolute atomic E-state index is 13.2. The molecular weight excluding hydrogens is 549 g/mol. The molecule has 1 aliphatic heterocycles. The van der Waals surface area contributed by atoms with Crippen molar-refractivity contribution >= 4 is 37.7 Å². The molecule has 1 unspecified atom stereocenters. The molecule has 0 saturated carbocycles. The number of aromatic nitrogens is 1. The number of nitrogens with zero attached hydrogens (tertiary/aromatic N) is 2. The van der Waals surface area contributed by atoms with Gasteiger partial charge in [-0.3, -0.25) is 4.79 Å². The molecular formula is C23H31F3N4O6S2. The van der Waals surface area contributed by atoms with Gasteiger partial charge in [-0.1, -0.05) is 26.8 Å². The summed E-state index contributed by atoms with van der Waals surface area (Å²) in [6.07, 6.45) is -2.46. The Labute approximate surface area is 220 Å². The minimum atomic E-state index is -4.57. The lowest BCUT2D eigenvalue weighted by molar-refractivity contribution is -0.137. The number of oxazole rings is 1. The first-order chi connectivity index (χ1) is 17.6. The smallest absolute Gasteiger partial charge is 0.416 e. The second kappa shape index (κ2) is 11.6. The number of carbonyl (C=O) groups excluding carboxylic acids is 1. The van der Waals surface area contributed by atoms with Gasteiger partial charge in [-0.2, -0.15) is 30.9 Å². The number of hydrogen-bond acceptors (Lipinski definition) is 8. The van der Waals surface area contributed by atoms with Gasteiger partial charge in [0.1, 0.15) is 6.26 Å². The van der Waals surface area contributed by atoms with Crippen molar-refractivity contribution in [3.8, 4) is 0 Å². The fourth-order valence-electron chi connectivity index (χ4n) is 4.22. The lowest BCUT2D eigenvalue weighted by Crippen LogP contribution is -2.44. The summed E-state index contributed by atoms with van der Waals surface area (Å²) in [5.41, 5.74) is -0.673. The third kappa shape index (κ3) is 7.26. The zero-order valence-electron chi connectivity index (χ0n) is 21.2. The van der Waals surface area contributed by atoms with Crippen LogP contribution in [0.5, 0.6) is 0 Å². The van der Waals surface area contributed by atoms with Crippen molar-refractivity contribution in [2.45, 2.75) is 63.8 Å². The Kier molecular flexibility index (Phi) is 9.14. The summed E-state index contributed by atoms with van der Waals surface area (Å²) in [5.74, 6) is -1.22. The highest BCUT2D eigenvalue weighted by Gasteiger charge is 2.33. The largest absolute Gasteiger partial charge is 0.431 e. The number of nitrogens with one attached hydrogen (secondary N) is 2. The van der Waals surface area contributed by atoms with Gasteiger partial charge in [0.25, 0.3) is 11.9 Å². The molecule has 2 N–H and O–H groups in total. The highest BCUT2D eigenvalue weighted by molar-refractivity contribution is 7.92. The van der Waals surface area contributed by atoms with Crippen LogP contribution >= 0.6 is 0 Å². The fraction of sp³-hybridized carbons (Fsp3) is 0.565. The molecule has 38 heavy (non-hydrogen) atoms. The molecule has 2 aromatic rings. The second-order valence-electron chi connectivity index (χ2n) is 9.37. The molecule has 15 heteroatoms. The summed E-state index contributed by atoms with van der Waals surface area (Å²) in [4.78, 5) is 16.5. The maximum Gasteiger partial charge on any atom is 0.416 e. The van der Waals surface area contributed by atoms with Crippen LogP contribution in [-0.2, 0) is 26.2 Å². The average Bonchev–Trinajstić information content (AvgIpc) is 3.11. The Morgan fingerprint density at radius 3 is 2.53 bits per heavy atom. The molecule has 1 saturated heterocycles. The standard InChI is InChI=1S/C23H31F3N4O6S2/c1-4-12-37(32,33)17-6-5-10-30(11-9-17)38(34,35)29-21(31)20-14-36-22(28-20)27-19-13-16(23(24,25)26)7-8-18(19)15(2)3/h7-8,13-15,17H,4-6,9-12H2,1-3H3,(H,27,28)(H,29,31). The topological polar surface area (TPSA) is 139 Å². The number of amides is 1. The van der Waals surface area contributed by atoms with Crippen LogP contribution in [0.2, 0.25) is 0 Å². The van der Waals surface area contributed by atoms with Crippen molar-refractivity contribution in [2.75, 3.05) is 24.2 Å². The van der Waals surface area contributed by atoms with Gasteiger partial charge in [0.05, 0.1) is 16.6 Å². The van der Waals surface area contributed by atoms with Gasteiger partial charge < -0.3 is 9.73 Å². The summed E-state index contributed by atoms with van der Waals surface area (Å²) in [6.45, 7) is 5.30. The molecule has 1 atom stereocenters. The Morgan fingerprint density at radius 2 is 1.89 bits per heavy atom. The molecule has 1 aromatic carbocycles. The Bertz CT molecular complexity index is 1360. The van der Waals surface area contributed by atoms with Crippen LogP contribution in [-0.4, -0.2) is 56.1 Å². The highest BCUT2D eigenvalue weighted by atomic mass is 32.2. The lowest BCUT2D eigenvalue weighted by atomic mass is 9.99. The second-order valence-corrected chi connectivity index (χ2v) is 13.4. The van der Waals surface area contributed by atoms with E-state index < -0.39 is 48.6 Å². The van der Waals surface area contributed by atoms with E-state index in [4.69, 9.17) is 4.42 Å². The van der Waals surface area contributed by atoms with Gasteiger partial charge in [-0.05, 0) is 49.3 Å². The van der Waals surface area contributed by atoms with E-state index in [9.17, 15) is 34.8 Å². The van der Waals surface area contributed by atoms with E-state index in [-0.39, 0.29) is 42.9 Å². The van der Waals surface area contributed by atoms with E-state index in [0.29, 0.717) is 24.8 Å². The zero-order chi connectivity index (χ0) is 28.3. The molecule has 1 fully saturated rings. The van der Waals surface area contributed by atoms with Crippen molar-refractivity contribution in [1.29, 1.82) is 0 Å². The molecule has 3 rings (SSSR count). The fourth-order valence-corrected chi connectivity index (χ4v) is 7.29. The summed E-state index contributed by atoms with van der Waals surface area (Å²) in [5, 5.41) is 1.99. The van der Waals surface area contributed by atoms with Crippen molar-refractivity contribution in [3.05, 3.63) is 41.3 Å². The first-order valence-electron chi connectivity index (χ1n) is 12.1. The molecule has 1 aromatic heterocycles. The van der Waals surface area contributed by atoms with Gasteiger partial charge >= 0.3 is 16.4 Å². The number of benzene rings is 1. The highest BCUT2D eigenvalue weighted by Crippen LogP contribution is 2.35. The third-order valence-electron chi connectivity index (χ3n) is 6.17. The number of carbonyl (C=O) groups is 1. The quantitative estimate of drug-likeness (QED) is 0.450. The predicted molar refractivity (Wildman–Crippen MR) is 135 cm³/mol. The SMILES string of the molecule is CCCS(=O)(=O)C1CCCN(S(=O)(=O)NC(=O)c2coc(Nc3cc(C(F)(F)F)ccc3C(C)C)n2)CC1. The minimum Gasteiger partial charge on any atom is -0.431 e. The predicted octanol–water partition coefficient (Wildman–Crippen LogP) is 4.21. The van der Waals surface area contributed by atoms with E-state index >= 15 is 0 Å². The van der Waals surface area contributed by atoms with Gasteiger partial charge in [0.15, 0.2) is 15.5 Å². The van der Waals surface area contributed by atoms with Gasteiger partial charge in [0, 0.05) is 18.8 Å². The number of hydrogen-bond donors (Lipinski definition) is 2. The molecule has 0 aliphatic carbocycles. The maximum atomic E-state index is 13.2. The number of alkyl halides is 3. The van der Waals surface area contributed by atoms with Crippen LogP contribution in [0.3, 0.4) is 0 Å². The number of sulfone groups is 1. The first kappa shape index (κ1) is 29.9. The van der Waals surface area contributed by atoms with Gasteiger partial charge in [-0.25, -0.2) is 13.1 Å². The molecule has 1 amide bonds. The van der Waals surface area contributed by atoms with E-state index in [0.717, 1.165) is 22.7 Å². The minimum absolute atomic E-state index is 0.0306. The molecule has 212 valence electrons. The zero-order valence-corrected chi connectivity index (χ0v) is 22.8. The Hall–Kier alpha value is -2.65. The monoisotopic (exact) mass is 580 g/mol. The Balaban J connectivity index is 1.71. The van der Waals surface area contributed by atoms with Crippen LogP contribution in [0, 0.1) is 0 Å². The molecule has 10 nitrogen and oxygen atoms in total. The summed E-state index contributed by atoms with van der Waals surface area (Å²) < 4.78 is 98.1. The lowest BCUT2D eigenvalue weighted by Gasteiger charge is -2.20. The van der Waals surface area contributed by atoms with E-state index in [2.05, 4.69) is 10.3 Å². The van der Waals surface area contributed by atoms with E-state index in [1.807, 2.05) is 4.72 Å². The van der Waals surface area contributed by atoms with Crippen molar-refractivity contribution < 1.29 is 39.2 Å². The van der Waals surface area contributed by atoms with Gasteiger partial charge in [-0.15, -0.1) is 0 Å². The van der Waals surface area contributed by atoms with Crippen LogP contribution in [0.4, 0.5) is 24.9 Å². The van der Waals surface area contributed by atoms with E-state index in [1.54, 1.807) is 20.8 Å². The number of halogens is 3. The molecule has 1 aliphatic rings.